The van der Waals surface area contributed by atoms with Crippen LogP contribution >= 0.6 is 11.6 Å². The Balaban J connectivity index is 2.26. The smallest absolute Gasteiger partial charge is 0.242 e. The Morgan fingerprint density at radius 2 is 1.68 bits per heavy atom. The molecular weight excluding hydrogens is 372 g/mol. The Bertz CT molecular complexity index is 825. The monoisotopic (exact) mass is 400 g/mol. The van der Waals surface area contributed by atoms with E-state index < -0.39 is 6.04 Å². The highest BCUT2D eigenvalue weighted by atomic mass is 35.5. The molecule has 0 saturated heterocycles. The van der Waals surface area contributed by atoms with Gasteiger partial charge < -0.3 is 10.2 Å². The van der Waals surface area contributed by atoms with Crippen molar-refractivity contribution in [2.45, 2.75) is 59.2 Å². The predicted molar refractivity (Wildman–Crippen MR) is 114 cm³/mol. The van der Waals surface area contributed by atoms with Gasteiger partial charge in [-0.25, -0.2) is 0 Å². The van der Waals surface area contributed by atoms with E-state index in [2.05, 4.69) is 5.32 Å². The van der Waals surface area contributed by atoms with Crippen molar-refractivity contribution in [3.8, 4) is 0 Å². The highest BCUT2D eigenvalue weighted by Gasteiger charge is 2.28. The number of carbonyl (C=O) groups excluding carboxylic acids is 2. The summed E-state index contributed by atoms with van der Waals surface area (Å²) in [6.45, 7) is 9.96. The summed E-state index contributed by atoms with van der Waals surface area (Å²) in [7, 11) is 0. The van der Waals surface area contributed by atoms with Crippen LogP contribution in [0.15, 0.2) is 48.5 Å². The SMILES string of the molecule is Cc1ccccc1CN(C(=O)Cc1ccc(Cl)cc1)[C@@H](C)C(=O)NC(C)(C)C. The molecule has 0 aliphatic heterocycles. The van der Waals surface area contributed by atoms with Crippen LogP contribution in [-0.2, 0) is 22.6 Å². The number of hydrogen-bond donors (Lipinski definition) is 1. The molecule has 0 fully saturated rings. The van der Waals surface area contributed by atoms with Gasteiger partial charge in [-0.3, -0.25) is 9.59 Å². The van der Waals surface area contributed by atoms with Crippen LogP contribution < -0.4 is 5.32 Å². The molecule has 0 aromatic heterocycles. The van der Waals surface area contributed by atoms with Crippen LogP contribution in [-0.4, -0.2) is 28.3 Å². The normalized spacial score (nSPS) is 12.4. The van der Waals surface area contributed by atoms with E-state index in [-0.39, 0.29) is 23.8 Å². The Morgan fingerprint density at radius 1 is 1.07 bits per heavy atom. The van der Waals surface area contributed by atoms with Gasteiger partial charge in [-0.15, -0.1) is 0 Å². The summed E-state index contributed by atoms with van der Waals surface area (Å²) in [6.07, 6.45) is 0.218. The van der Waals surface area contributed by atoms with Crippen LogP contribution in [0.1, 0.15) is 44.4 Å². The molecule has 0 saturated carbocycles. The minimum absolute atomic E-state index is 0.0952. The largest absolute Gasteiger partial charge is 0.350 e. The number of halogens is 1. The summed E-state index contributed by atoms with van der Waals surface area (Å²) in [5.74, 6) is -0.257. The molecule has 0 heterocycles. The summed E-state index contributed by atoms with van der Waals surface area (Å²) in [5, 5.41) is 3.61. The lowest BCUT2D eigenvalue weighted by Gasteiger charge is -2.32. The Hall–Kier alpha value is -2.33. The molecule has 28 heavy (non-hydrogen) atoms. The molecular formula is C23H29ClN2O2. The highest BCUT2D eigenvalue weighted by molar-refractivity contribution is 6.30. The predicted octanol–water partition coefficient (Wildman–Crippen LogP) is 4.52. The second-order valence-electron chi connectivity index (χ2n) is 8.17. The first-order chi connectivity index (χ1) is 13.1. The van der Waals surface area contributed by atoms with Crippen molar-refractivity contribution in [3.05, 3.63) is 70.2 Å². The molecule has 150 valence electrons. The maximum absolute atomic E-state index is 13.1. The number of hydrogen-bond acceptors (Lipinski definition) is 2. The molecule has 0 bridgehead atoms. The van der Waals surface area contributed by atoms with E-state index in [4.69, 9.17) is 11.6 Å². The number of benzene rings is 2. The van der Waals surface area contributed by atoms with Crippen molar-refractivity contribution in [2.24, 2.45) is 0 Å². The van der Waals surface area contributed by atoms with Crippen LogP contribution in [0, 0.1) is 6.92 Å². The summed E-state index contributed by atoms with van der Waals surface area (Å²) >= 11 is 5.94. The van der Waals surface area contributed by atoms with Crippen molar-refractivity contribution >= 4 is 23.4 Å². The second-order valence-corrected chi connectivity index (χ2v) is 8.60. The molecule has 1 N–H and O–H groups in total. The lowest BCUT2D eigenvalue weighted by atomic mass is 10.0. The molecule has 0 aliphatic rings. The van der Waals surface area contributed by atoms with Crippen LogP contribution in [0.25, 0.3) is 0 Å². The third-order valence-electron chi connectivity index (χ3n) is 4.54. The first-order valence-corrected chi connectivity index (χ1v) is 9.85. The minimum Gasteiger partial charge on any atom is -0.350 e. The number of nitrogens with one attached hydrogen (secondary N) is 1. The molecule has 0 spiro atoms. The fourth-order valence-electron chi connectivity index (χ4n) is 2.91. The van der Waals surface area contributed by atoms with Gasteiger partial charge in [0, 0.05) is 17.1 Å². The molecule has 1 atom stereocenters. The Kier molecular flexibility index (Phi) is 7.25. The fourth-order valence-corrected chi connectivity index (χ4v) is 3.03. The average Bonchev–Trinajstić information content (AvgIpc) is 2.61. The van der Waals surface area contributed by atoms with E-state index in [1.807, 2.05) is 64.1 Å². The van der Waals surface area contributed by atoms with Crippen molar-refractivity contribution in [2.75, 3.05) is 0 Å². The van der Waals surface area contributed by atoms with Crippen molar-refractivity contribution < 1.29 is 9.59 Å². The van der Waals surface area contributed by atoms with E-state index in [1.54, 1.807) is 24.0 Å². The van der Waals surface area contributed by atoms with E-state index in [0.29, 0.717) is 11.6 Å². The van der Waals surface area contributed by atoms with Crippen molar-refractivity contribution in [3.63, 3.8) is 0 Å². The van der Waals surface area contributed by atoms with Crippen LogP contribution in [0.2, 0.25) is 5.02 Å². The van der Waals surface area contributed by atoms with Crippen LogP contribution in [0.5, 0.6) is 0 Å². The molecule has 2 aromatic carbocycles. The van der Waals surface area contributed by atoms with Crippen LogP contribution in [0.4, 0.5) is 0 Å². The van der Waals surface area contributed by atoms with Gasteiger partial charge in [0.25, 0.3) is 0 Å². The third-order valence-corrected chi connectivity index (χ3v) is 4.79. The summed E-state index contributed by atoms with van der Waals surface area (Å²) in [5.41, 5.74) is 2.63. The van der Waals surface area contributed by atoms with E-state index in [0.717, 1.165) is 16.7 Å². The van der Waals surface area contributed by atoms with Gasteiger partial charge in [0.1, 0.15) is 6.04 Å². The summed E-state index contributed by atoms with van der Waals surface area (Å²) in [6, 6.07) is 14.6. The van der Waals surface area contributed by atoms with Gasteiger partial charge in [-0.05, 0) is 63.4 Å². The average molecular weight is 401 g/mol. The third kappa shape index (κ3) is 6.38. The molecule has 0 aliphatic carbocycles. The molecule has 2 amide bonds. The van der Waals surface area contributed by atoms with Gasteiger partial charge in [-0.1, -0.05) is 48.0 Å². The van der Waals surface area contributed by atoms with Gasteiger partial charge in [0.05, 0.1) is 6.42 Å². The lowest BCUT2D eigenvalue weighted by molar-refractivity contribution is -0.140. The molecule has 4 nitrogen and oxygen atoms in total. The standard InChI is InChI=1S/C23H29ClN2O2/c1-16-8-6-7-9-19(16)15-26(17(2)22(28)25-23(3,4)5)21(27)14-18-10-12-20(24)13-11-18/h6-13,17H,14-15H2,1-5H3,(H,25,28)/t17-/m0/s1. The lowest BCUT2D eigenvalue weighted by Crippen LogP contribution is -2.52. The summed E-state index contributed by atoms with van der Waals surface area (Å²) in [4.78, 5) is 27.5. The first kappa shape index (κ1) is 22.0. The molecule has 0 radical (unpaired) electrons. The van der Waals surface area contributed by atoms with Crippen molar-refractivity contribution in [1.82, 2.24) is 10.2 Å². The first-order valence-electron chi connectivity index (χ1n) is 9.47. The second kappa shape index (κ2) is 9.24. The topological polar surface area (TPSA) is 49.4 Å². The maximum Gasteiger partial charge on any atom is 0.242 e. The number of nitrogens with zero attached hydrogens (tertiary/aromatic N) is 1. The van der Waals surface area contributed by atoms with Crippen LogP contribution in [0.3, 0.4) is 0 Å². The number of amides is 2. The fraction of sp³-hybridized carbons (Fsp3) is 0.391. The summed E-state index contributed by atoms with van der Waals surface area (Å²) < 4.78 is 0. The van der Waals surface area contributed by atoms with Crippen molar-refractivity contribution in [1.29, 1.82) is 0 Å². The van der Waals surface area contributed by atoms with Gasteiger partial charge in [0.15, 0.2) is 0 Å². The quantitative estimate of drug-likeness (QED) is 0.774. The maximum atomic E-state index is 13.1. The Morgan fingerprint density at radius 3 is 2.25 bits per heavy atom. The highest BCUT2D eigenvalue weighted by Crippen LogP contribution is 2.17. The van der Waals surface area contributed by atoms with Gasteiger partial charge in [-0.2, -0.15) is 0 Å². The minimum atomic E-state index is -0.585. The van der Waals surface area contributed by atoms with Gasteiger partial charge >= 0.3 is 0 Å². The molecule has 0 unspecified atom stereocenters. The number of carbonyl (C=O) groups is 2. The molecule has 2 aromatic rings. The van der Waals surface area contributed by atoms with Gasteiger partial charge in [0.2, 0.25) is 11.8 Å². The zero-order valence-corrected chi connectivity index (χ0v) is 18.0. The van der Waals surface area contributed by atoms with E-state index in [1.165, 1.54) is 0 Å². The van der Waals surface area contributed by atoms with E-state index >= 15 is 0 Å². The zero-order chi connectivity index (χ0) is 20.9. The number of rotatable bonds is 6. The molecule has 2 rings (SSSR count). The zero-order valence-electron chi connectivity index (χ0n) is 17.3. The Labute approximate surface area is 172 Å². The van der Waals surface area contributed by atoms with E-state index in [9.17, 15) is 9.59 Å². The molecule has 5 heteroatoms. The number of aryl methyl sites for hydroxylation is 1.